The molecule has 7 nitrogen and oxygen atoms in total. The van der Waals surface area contributed by atoms with Gasteiger partial charge in [0.05, 0.1) is 11.4 Å². The fourth-order valence-corrected chi connectivity index (χ4v) is 7.42. The first-order valence-corrected chi connectivity index (χ1v) is 17.7. The van der Waals surface area contributed by atoms with Crippen molar-refractivity contribution in [2.24, 2.45) is 14.1 Å². The molecule has 0 saturated carbocycles. The van der Waals surface area contributed by atoms with Crippen LogP contribution in [0.5, 0.6) is 0 Å². The monoisotopic (exact) mass is 883 g/mol. The Morgan fingerprint density at radius 2 is 0.833 bits per heavy atom. The Morgan fingerprint density at radius 1 is 0.481 bits per heavy atom. The summed E-state index contributed by atoms with van der Waals surface area (Å²) in [5, 5.41) is 11.9. The van der Waals surface area contributed by atoms with Crippen LogP contribution in [0.3, 0.4) is 0 Å². The third-order valence-electron chi connectivity index (χ3n) is 9.80. The number of hydrogen-bond acceptors (Lipinski definition) is 5. The van der Waals surface area contributed by atoms with Crippen molar-refractivity contribution in [1.29, 1.82) is 0 Å². The Labute approximate surface area is 329 Å². The molecule has 0 aliphatic heterocycles. The number of para-hydroxylation sites is 2. The molecule has 9 rings (SSSR count). The van der Waals surface area contributed by atoms with Crippen molar-refractivity contribution in [3.63, 3.8) is 0 Å². The first-order chi connectivity index (χ1) is 26.0. The molecule has 0 saturated heterocycles. The van der Waals surface area contributed by atoms with Crippen molar-refractivity contribution in [3.05, 3.63) is 169 Å². The van der Waals surface area contributed by atoms with E-state index in [1.165, 1.54) is 0 Å². The van der Waals surface area contributed by atoms with Crippen molar-refractivity contribution in [1.82, 2.24) is 19.6 Å². The van der Waals surface area contributed by atoms with Crippen LogP contribution in [0.2, 0.25) is 0 Å². The fraction of sp³-hybridized carbons (Fsp3) is 0.0870. The summed E-state index contributed by atoms with van der Waals surface area (Å²) < 4.78 is 10.3. The number of aryl methyl sites for hydroxylation is 2. The van der Waals surface area contributed by atoms with Crippen LogP contribution in [0.4, 0.5) is 34.4 Å². The topological polar surface area (TPSA) is 55.3 Å². The van der Waals surface area contributed by atoms with Crippen LogP contribution in [0.1, 0.15) is 11.1 Å². The summed E-state index contributed by atoms with van der Waals surface area (Å²) in [5.74, 6) is 1.67. The van der Waals surface area contributed by atoms with Gasteiger partial charge in [0.25, 0.3) is 0 Å². The number of anilines is 6. The van der Waals surface area contributed by atoms with E-state index < -0.39 is 0 Å². The van der Waals surface area contributed by atoms with Crippen LogP contribution >= 0.6 is 0 Å². The molecule has 266 valence electrons. The first kappa shape index (κ1) is 34.9. The van der Waals surface area contributed by atoms with Gasteiger partial charge in [-0.15, -0.1) is 24.3 Å². The smallest absolute Gasteiger partial charge is 0.564 e. The van der Waals surface area contributed by atoms with Crippen molar-refractivity contribution < 1.29 is 25.5 Å². The standard InChI is InChI=1S/C46H36N6O.Pt/c1-31-43(33-17-9-5-10-18-33)49(3)47-45(31)51(35-21-13-7-14-22-35)37-25-27-41-39(29-37)40-30-38(26-28-42(40)53-41)52(36-23-15-8-16-24-36)46-32(2)44(50(4)48-46)34-19-11-6-12-20-34;/h5-28H,1-4H3;/q-2;+2. The summed E-state index contributed by atoms with van der Waals surface area (Å²) in [5.41, 5.74) is 11.6. The minimum absolute atomic E-state index is 0. The van der Waals surface area contributed by atoms with E-state index in [-0.39, 0.29) is 21.1 Å². The first-order valence-electron chi connectivity index (χ1n) is 17.7. The van der Waals surface area contributed by atoms with Gasteiger partial charge < -0.3 is 14.2 Å². The summed E-state index contributed by atoms with van der Waals surface area (Å²) in [6.45, 7) is 4.26. The molecule has 9 aromatic rings. The fourth-order valence-electron chi connectivity index (χ4n) is 7.42. The normalized spacial score (nSPS) is 11.2. The Bertz CT molecular complexity index is 2530. The zero-order chi connectivity index (χ0) is 36.1. The Kier molecular flexibility index (Phi) is 9.26. The second-order valence-corrected chi connectivity index (χ2v) is 13.2. The number of hydrogen-bond donors (Lipinski definition) is 0. The van der Waals surface area contributed by atoms with E-state index in [4.69, 9.17) is 14.6 Å². The van der Waals surface area contributed by atoms with Crippen LogP contribution in [-0.4, -0.2) is 19.6 Å². The molecule has 0 unspecified atom stereocenters. The van der Waals surface area contributed by atoms with Crippen LogP contribution in [0, 0.1) is 26.0 Å². The zero-order valence-electron chi connectivity index (χ0n) is 30.3. The Hall–Kier alpha value is -6.17. The predicted molar refractivity (Wildman–Crippen MR) is 215 cm³/mol. The molecule has 0 atom stereocenters. The summed E-state index contributed by atoms with van der Waals surface area (Å²) in [6, 6.07) is 57.1. The number of nitrogens with zero attached hydrogens (tertiary/aromatic N) is 6. The molecule has 3 aromatic heterocycles. The SMILES string of the molecule is Cc1c(N(c2[c-]c3c(cc2)oc2ccc(N(c4ccccc4)c4nn(C)c(-c5ccccc5)c4C)[c-]c23)c2ccccc2)nn(C)c1-c1ccccc1.[Pt+2]. The molecule has 6 aromatic carbocycles. The van der Waals surface area contributed by atoms with Crippen molar-refractivity contribution in [2.75, 3.05) is 9.80 Å². The van der Waals surface area contributed by atoms with Crippen molar-refractivity contribution >= 4 is 56.3 Å². The van der Waals surface area contributed by atoms with E-state index >= 15 is 0 Å². The van der Waals surface area contributed by atoms with E-state index in [2.05, 4.69) is 109 Å². The van der Waals surface area contributed by atoms with Gasteiger partial charge in [-0.3, -0.25) is 9.36 Å². The third-order valence-corrected chi connectivity index (χ3v) is 9.80. The van der Waals surface area contributed by atoms with Gasteiger partial charge in [-0.25, -0.2) is 0 Å². The Balaban J connectivity index is 0.00000413. The van der Waals surface area contributed by atoms with Crippen molar-refractivity contribution in [3.8, 4) is 22.5 Å². The maximum absolute atomic E-state index is 6.42. The number of fused-ring (bicyclic) bond motifs is 3. The molecule has 54 heavy (non-hydrogen) atoms. The van der Waals surface area contributed by atoms with Crippen LogP contribution < -0.4 is 9.80 Å². The molecule has 0 spiro atoms. The quantitative estimate of drug-likeness (QED) is 0.142. The van der Waals surface area contributed by atoms with Gasteiger partial charge in [0, 0.05) is 47.7 Å². The largest absolute Gasteiger partial charge is 2.00 e. The van der Waals surface area contributed by atoms with Crippen LogP contribution in [-0.2, 0) is 35.2 Å². The summed E-state index contributed by atoms with van der Waals surface area (Å²) in [6.07, 6.45) is 0. The zero-order valence-corrected chi connectivity index (χ0v) is 32.5. The average Bonchev–Trinajstić information content (AvgIpc) is 3.81. The van der Waals surface area contributed by atoms with Gasteiger partial charge in [-0.1, -0.05) is 97.1 Å². The molecule has 0 aliphatic rings. The van der Waals surface area contributed by atoms with Crippen LogP contribution in [0.15, 0.2) is 150 Å². The maximum Gasteiger partial charge on any atom is 2.00 e. The predicted octanol–water partition coefficient (Wildman–Crippen LogP) is 11.5. The number of furan rings is 1. The van der Waals surface area contributed by atoms with E-state index in [9.17, 15) is 0 Å². The number of benzene rings is 6. The van der Waals surface area contributed by atoms with E-state index in [1.807, 2.05) is 96.3 Å². The summed E-state index contributed by atoms with van der Waals surface area (Å²) in [7, 11) is 4.00. The third kappa shape index (κ3) is 6.01. The number of aromatic nitrogens is 4. The minimum atomic E-state index is 0. The second kappa shape index (κ2) is 14.3. The van der Waals surface area contributed by atoms with Gasteiger partial charge in [0.15, 0.2) is 11.6 Å². The van der Waals surface area contributed by atoms with Gasteiger partial charge in [0.1, 0.15) is 0 Å². The second-order valence-electron chi connectivity index (χ2n) is 13.2. The van der Waals surface area contributed by atoms with E-state index in [0.29, 0.717) is 0 Å². The number of rotatable bonds is 8. The molecular formula is C46H36N6OPt. The maximum atomic E-state index is 6.42. The average molecular weight is 884 g/mol. The molecule has 0 N–H and O–H groups in total. The molecule has 0 amide bonds. The minimum Gasteiger partial charge on any atom is -0.564 e. The molecule has 0 fully saturated rings. The van der Waals surface area contributed by atoms with Gasteiger partial charge >= 0.3 is 21.1 Å². The molecule has 0 aliphatic carbocycles. The summed E-state index contributed by atoms with van der Waals surface area (Å²) in [4.78, 5) is 4.34. The molecule has 3 heterocycles. The van der Waals surface area contributed by atoms with Gasteiger partial charge in [0.2, 0.25) is 0 Å². The molecular weight excluding hydrogens is 848 g/mol. The summed E-state index contributed by atoms with van der Waals surface area (Å²) >= 11 is 0. The molecule has 0 radical (unpaired) electrons. The van der Waals surface area contributed by atoms with Crippen molar-refractivity contribution in [2.45, 2.75) is 13.8 Å². The van der Waals surface area contributed by atoms with E-state index in [0.717, 1.165) is 90.0 Å². The molecule has 0 bridgehead atoms. The van der Waals surface area contributed by atoms with Gasteiger partial charge in [-0.05, 0) is 60.7 Å². The Morgan fingerprint density at radius 3 is 1.20 bits per heavy atom. The molecule has 8 heteroatoms. The van der Waals surface area contributed by atoms with Crippen LogP contribution in [0.25, 0.3) is 44.5 Å². The van der Waals surface area contributed by atoms with Gasteiger partial charge in [-0.2, -0.15) is 33.1 Å². The van der Waals surface area contributed by atoms with E-state index in [1.54, 1.807) is 0 Å².